The van der Waals surface area contributed by atoms with Crippen molar-refractivity contribution in [2.24, 2.45) is 5.41 Å². The lowest BCUT2D eigenvalue weighted by Gasteiger charge is -2.14. The Morgan fingerprint density at radius 2 is 2.16 bits per heavy atom. The minimum Gasteiger partial charge on any atom is -0.278 e. The summed E-state index contributed by atoms with van der Waals surface area (Å²) in [5.41, 5.74) is 0.170. The molecule has 19 heavy (non-hydrogen) atoms. The van der Waals surface area contributed by atoms with Crippen molar-refractivity contribution in [3.63, 3.8) is 0 Å². The molecule has 0 spiro atoms. The molecule has 1 heterocycles. The van der Waals surface area contributed by atoms with Crippen molar-refractivity contribution in [1.82, 2.24) is 10.2 Å². The van der Waals surface area contributed by atoms with Crippen LogP contribution in [0.25, 0.3) is 10.9 Å². The van der Waals surface area contributed by atoms with Gasteiger partial charge >= 0.3 is 0 Å². The summed E-state index contributed by atoms with van der Waals surface area (Å²) in [6.07, 6.45) is 1.91. The fraction of sp³-hybridized carbons (Fsp3) is 0.385. The number of nitrogens with one attached hydrogen (secondary N) is 1. The van der Waals surface area contributed by atoms with E-state index in [1.807, 2.05) is 0 Å². The number of benzene rings is 1. The number of nitriles is 1. The van der Waals surface area contributed by atoms with Gasteiger partial charge < -0.3 is 0 Å². The van der Waals surface area contributed by atoms with Crippen molar-refractivity contribution < 1.29 is 8.42 Å². The minimum atomic E-state index is -3.37. The van der Waals surface area contributed by atoms with Crippen LogP contribution in [0.1, 0.15) is 20.3 Å². The van der Waals surface area contributed by atoms with Gasteiger partial charge in [0.25, 0.3) is 0 Å². The highest BCUT2D eigenvalue weighted by Gasteiger charge is 2.22. The van der Waals surface area contributed by atoms with Gasteiger partial charge in [-0.2, -0.15) is 10.4 Å². The third-order valence-electron chi connectivity index (χ3n) is 3.07. The summed E-state index contributed by atoms with van der Waals surface area (Å²) < 4.78 is 24.4. The van der Waals surface area contributed by atoms with Crippen LogP contribution in [0.4, 0.5) is 0 Å². The molecule has 0 unspecified atom stereocenters. The van der Waals surface area contributed by atoms with Crippen LogP contribution >= 0.6 is 0 Å². The van der Waals surface area contributed by atoms with Gasteiger partial charge in [0.2, 0.25) is 0 Å². The zero-order valence-electron chi connectivity index (χ0n) is 10.8. The quantitative estimate of drug-likeness (QED) is 0.928. The van der Waals surface area contributed by atoms with E-state index in [4.69, 9.17) is 5.26 Å². The molecule has 1 aromatic carbocycles. The molecule has 2 aromatic rings. The highest BCUT2D eigenvalue weighted by molar-refractivity contribution is 7.91. The summed E-state index contributed by atoms with van der Waals surface area (Å²) in [6, 6.07) is 6.98. The van der Waals surface area contributed by atoms with Crippen LogP contribution in [0.5, 0.6) is 0 Å². The van der Waals surface area contributed by atoms with Crippen LogP contribution in [0.2, 0.25) is 0 Å². The van der Waals surface area contributed by atoms with Crippen molar-refractivity contribution >= 4 is 20.7 Å². The standard InChI is InChI=1S/C13H15N3O2S/c1-13(2,9-14)5-6-19(17,18)11-3-4-12-10(7-11)8-15-16-12/h3-4,7-8H,5-6H2,1-2H3,(H,15,16). The molecule has 0 saturated carbocycles. The molecule has 0 saturated heterocycles. The maximum atomic E-state index is 12.2. The Labute approximate surface area is 112 Å². The number of hydrogen-bond acceptors (Lipinski definition) is 4. The highest BCUT2D eigenvalue weighted by atomic mass is 32.2. The number of sulfone groups is 1. The molecule has 0 atom stereocenters. The molecule has 0 aliphatic rings. The number of fused-ring (bicyclic) bond motifs is 1. The van der Waals surface area contributed by atoms with Gasteiger partial charge in [0.15, 0.2) is 9.84 Å². The average Bonchev–Trinajstić information content (AvgIpc) is 2.84. The summed E-state index contributed by atoms with van der Waals surface area (Å²) >= 11 is 0. The molecule has 0 radical (unpaired) electrons. The first-order chi connectivity index (χ1) is 8.84. The number of H-pyrrole nitrogens is 1. The lowest BCUT2D eigenvalue weighted by atomic mass is 9.93. The van der Waals surface area contributed by atoms with Crippen LogP contribution in [0.15, 0.2) is 29.3 Å². The van der Waals surface area contributed by atoms with Gasteiger partial charge in [0.05, 0.1) is 33.8 Å². The van der Waals surface area contributed by atoms with Gasteiger partial charge in [-0.3, -0.25) is 5.10 Å². The third kappa shape index (κ3) is 2.93. The van der Waals surface area contributed by atoms with Crippen LogP contribution in [0.3, 0.4) is 0 Å². The molecule has 100 valence electrons. The first-order valence-corrected chi connectivity index (χ1v) is 7.56. The van der Waals surface area contributed by atoms with Crippen molar-refractivity contribution in [2.75, 3.05) is 5.75 Å². The number of aromatic amines is 1. The summed E-state index contributed by atoms with van der Waals surface area (Å²) in [5, 5.41) is 16.3. The molecular weight excluding hydrogens is 262 g/mol. The van der Waals surface area contributed by atoms with Gasteiger partial charge in [0, 0.05) is 5.39 Å². The second-order valence-corrected chi connectivity index (χ2v) is 7.29. The predicted molar refractivity (Wildman–Crippen MR) is 72.2 cm³/mol. The van der Waals surface area contributed by atoms with Crippen LogP contribution in [0, 0.1) is 16.7 Å². The largest absolute Gasteiger partial charge is 0.278 e. The Morgan fingerprint density at radius 3 is 2.84 bits per heavy atom. The normalized spacial score (nSPS) is 12.5. The zero-order chi connectivity index (χ0) is 14.1. The van der Waals surface area contributed by atoms with E-state index >= 15 is 0 Å². The molecule has 1 N–H and O–H groups in total. The molecule has 6 heteroatoms. The molecular formula is C13H15N3O2S. The molecule has 1 aromatic heterocycles. The van der Waals surface area contributed by atoms with Crippen LogP contribution in [-0.4, -0.2) is 24.4 Å². The van der Waals surface area contributed by atoms with Crippen LogP contribution < -0.4 is 0 Å². The van der Waals surface area contributed by atoms with Gasteiger partial charge in [-0.15, -0.1) is 0 Å². The maximum Gasteiger partial charge on any atom is 0.178 e. The van der Waals surface area contributed by atoms with Crippen molar-refractivity contribution in [3.8, 4) is 6.07 Å². The first-order valence-electron chi connectivity index (χ1n) is 5.91. The first kappa shape index (κ1) is 13.6. The summed E-state index contributed by atoms with van der Waals surface area (Å²) in [4.78, 5) is 0.273. The Bertz CT molecular complexity index is 739. The van der Waals surface area contributed by atoms with E-state index in [-0.39, 0.29) is 10.6 Å². The van der Waals surface area contributed by atoms with Crippen molar-refractivity contribution in [3.05, 3.63) is 24.4 Å². The van der Waals surface area contributed by atoms with Gasteiger partial charge in [-0.1, -0.05) is 0 Å². The van der Waals surface area contributed by atoms with Gasteiger partial charge in [0.1, 0.15) is 0 Å². The molecule has 0 amide bonds. The van der Waals surface area contributed by atoms with E-state index in [2.05, 4.69) is 16.3 Å². The summed E-state index contributed by atoms with van der Waals surface area (Å²) in [6.45, 7) is 3.48. The fourth-order valence-electron chi connectivity index (χ4n) is 1.68. The second-order valence-electron chi connectivity index (χ2n) is 5.18. The Balaban J connectivity index is 2.26. The molecule has 0 bridgehead atoms. The fourth-order valence-corrected chi connectivity index (χ4v) is 3.27. The van der Waals surface area contributed by atoms with E-state index < -0.39 is 15.3 Å². The molecule has 2 rings (SSSR count). The Morgan fingerprint density at radius 1 is 1.42 bits per heavy atom. The average molecular weight is 277 g/mol. The maximum absolute atomic E-state index is 12.2. The minimum absolute atomic E-state index is 0.0308. The molecule has 0 aliphatic carbocycles. The number of nitrogens with zero attached hydrogens (tertiary/aromatic N) is 2. The van der Waals surface area contributed by atoms with E-state index in [1.165, 1.54) is 0 Å². The van der Waals surface area contributed by atoms with E-state index in [1.54, 1.807) is 38.2 Å². The zero-order valence-corrected chi connectivity index (χ0v) is 11.7. The lowest BCUT2D eigenvalue weighted by Crippen LogP contribution is -2.16. The van der Waals surface area contributed by atoms with Crippen LogP contribution in [-0.2, 0) is 9.84 Å². The number of aromatic nitrogens is 2. The summed E-state index contributed by atoms with van der Waals surface area (Å²) in [5.74, 6) is -0.0308. The van der Waals surface area contributed by atoms with E-state index in [0.29, 0.717) is 6.42 Å². The van der Waals surface area contributed by atoms with Crippen molar-refractivity contribution in [2.45, 2.75) is 25.2 Å². The second kappa shape index (κ2) is 4.67. The van der Waals surface area contributed by atoms with Gasteiger partial charge in [-0.05, 0) is 38.5 Å². The highest BCUT2D eigenvalue weighted by Crippen LogP contribution is 2.23. The van der Waals surface area contributed by atoms with Crippen molar-refractivity contribution in [1.29, 1.82) is 5.26 Å². The smallest absolute Gasteiger partial charge is 0.178 e. The number of hydrogen-bond donors (Lipinski definition) is 1. The Hall–Kier alpha value is -1.87. The van der Waals surface area contributed by atoms with E-state index in [0.717, 1.165) is 10.9 Å². The SMILES string of the molecule is CC(C)(C#N)CCS(=O)(=O)c1ccc2[nH]ncc2c1. The summed E-state index contributed by atoms with van der Waals surface area (Å²) in [7, 11) is -3.37. The van der Waals surface area contributed by atoms with Gasteiger partial charge in [-0.25, -0.2) is 8.42 Å². The van der Waals surface area contributed by atoms with E-state index in [9.17, 15) is 8.42 Å². The monoisotopic (exact) mass is 277 g/mol. The Kier molecular flexibility index (Phi) is 3.33. The molecule has 0 aliphatic heterocycles. The molecule has 0 fully saturated rings. The predicted octanol–water partition coefficient (Wildman–Crippen LogP) is 2.28. The molecule has 5 nitrogen and oxygen atoms in total. The topological polar surface area (TPSA) is 86.6 Å². The number of rotatable bonds is 4. The lowest BCUT2D eigenvalue weighted by molar-refractivity contribution is 0.473. The third-order valence-corrected chi connectivity index (χ3v) is 4.78.